The van der Waals surface area contributed by atoms with Crippen molar-refractivity contribution in [1.29, 1.82) is 0 Å². The van der Waals surface area contributed by atoms with E-state index < -0.39 is 0 Å². The monoisotopic (exact) mass is 231 g/mol. The maximum absolute atomic E-state index is 12.2. The van der Waals surface area contributed by atoms with Crippen molar-refractivity contribution in [2.75, 3.05) is 19.8 Å². The summed E-state index contributed by atoms with van der Waals surface area (Å²) in [5, 5.41) is 13.1. The highest BCUT2D eigenvalue weighted by molar-refractivity contribution is 5.75. The molecule has 0 N–H and O–H groups in total. The number of rotatable bonds is 1. The quantitative estimate of drug-likeness (QED) is 0.552. The van der Waals surface area contributed by atoms with E-state index >= 15 is 0 Å². The standard InChI is InChI=1S/C13H13NO3/c15-14-11-4-2-1-3-10(11)5-6-12(14)13-9-16-7-8-17-13/h1-6,13H,7-9H2. The lowest BCUT2D eigenvalue weighted by Gasteiger charge is -2.22. The highest BCUT2D eigenvalue weighted by Crippen LogP contribution is 2.20. The van der Waals surface area contributed by atoms with Crippen LogP contribution in [0.25, 0.3) is 10.9 Å². The maximum Gasteiger partial charge on any atom is 0.224 e. The Bertz CT molecular complexity index is 535. The second kappa shape index (κ2) is 4.31. The SMILES string of the molecule is [O-][n+]1c(C2COCCO2)ccc2ccccc21. The second-order valence-corrected chi connectivity index (χ2v) is 4.05. The van der Waals surface area contributed by atoms with Crippen molar-refractivity contribution < 1.29 is 14.2 Å². The van der Waals surface area contributed by atoms with Gasteiger partial charge in [-0.25, -0.2) is 0 Å². The van der Waals surface area contributed by atoms with Gasteiger partial charge < -0.3 is 14.7 Å². The number of hydrogen-bond donors (Lipinski definition) is 0. The molecule has 1 unspecified atom stereocenters. The number of para-hydroxylation sites is 1. The minimum absolute atomic E-state index is 0.258. The van der Waals surface area contributed by atoms with Crippen LogP contribution in [0.3, 0.4) is 0 Å². The van der Waals surface area contributed by atoms with Gasteiger partial charge in [-0.1, -0.05) is 12.1 Å². The first-order chi connectivity index (χ1) is 8.36. The van der Waals surface area contributed by atoms with Gasteiger partial charge in [-0.05, 0) is 12.1 Å². The van der Waals surface area contributed by atoms with E-state index in [1.54, 1.807) is 0 Å². The van der Waals surface area contributed by atoms with E-state index in [2.05, 4.69) is 0 Å². The van der Waals surface area contributed by atoms with Crippen LogP contribution in [0.1, 0.15) is 11.8 Å². The summed E-state index contributed by atoms with van der Waals surface area (Å²) in [6.45, 7) is 1.58. The molecule has 1 aliphatic rings. The lowest BCUT2D eigenvalue weighted by Crippen LogP contribution is -2.38. The average molecular weight is 231 g/mol. The molecule has 1 aliphatic heterocycles. The molecule has 4 heteroatoms. The van der Waals surface area contributed by atoms with Crippen molar-refractivity contribution in [3.05, 3.63) is 47.3 Å². The summed E-state index contributed by atoms with van der Waals surface area (Å²) in [5.74, 6) is 0. The molecule has 4 nitrogen and oxygen atoms in total. The Hall–Kier alpha value is -1.65. The fourth-order valence-corrected chi connectivity index (χ4v) is 2.09. The Morgan fingerprint density at radius 3 is 2.82 bits per heavy atom. The van der Waals surface area contributed by atoms with Gasteiger partial charge >= 0.3 is 0 Å². The number of ether oxygens (including phenoxy) is 2. The van der Waals surface area contributed by atoms with Crippen LogP contribution >= 0.6 is 0 Å². The van der Waals surface area contributed by atoms with Gasteiger partial charge in [0.15, 0.2) is 6.10 Å². The van der Waals surface area contributed by atoms with Crippen LogP contribution in [-0.4, -0.2) is 19.8 Å². The molecule has 88 valence electrons. The Morgan fingerprint density at radius 2 is 2.00 bits per heavy atom. The maximum atomic E-state index is 12.2. The van der Waals surface area contributed by atoms with Crippen molar-refractivity contribution in [3.8, 4) is 0 Å². The van der Waals surface area contributed by atoms with Crippen molar-refractivity contribution in [2.24, 2.45) is 0 Å². The highest BCUT2D eigenvalue weighted by atomic mass is 16.6. The summed E-state index contributed by atoms with van der Waals surface area (Å²) >= 11 is 0. The third-order valence-electron chi connectivity index (χ3n) is 2.97. The lowest BCUT2D eigenvalue weighted by atomic mass is 10.1. The zero-order valence-corrected chi connectivity index (χ0v) is 9.33. The van der Waals surface area contributed by atoms with Gasteiger partial charge in [-0.3, -0.25) is 0 Å². The molecule has 1 saturated heterocycles. The van der Waals surface area contributed by atoms with Gasteiger partial charge in [-0.15, -0.1) is 0 Å². The van der Waals surface area contributed by atoms with E-state index in [1.165, 1.54) is 0 Å². The summed E-state index contributed by atoms with van der Waals surface area (Å²) in [4.78, 5) is 0. The number of fused-ring (bicyclic) bond motifs is 1. The predicted octanol–water partition coefficient (Wildman–Crippen LogP) is 1.56. The summed E-state index contributed by atoms with van der Waals surface area (Å²) in [6, 6.07) is 11.3. The zero-order valence-electron chi connectivity index (χ0n) is 9.33. The summed E-state index contributed by atoms with van der Waals surface area (Å²) in [7, 11) is 0. The Labute approximate surface area is 99.0 Å². The molecule has 0 aliphatic carbocycles. The number of pyridine rings is 1. The van der Waals surface area contributed by atoms with Crippen LogP contribution in [0, 0.1) is 5.21 Å². The van der Waals surface area contributed by atoms with E-state index in [1.807, 2.05) is 36.4 Å². The van der Waals surface area contributed by atoms with Gasteiger partial charge in [0.25, 0.3) is 0 Å². The van der Waals surface area contributed by atoms with Crippen LogP contribution in [0.15, 0.2) is 36.4 Å². The van der Waals surface area contributed by atoms with Gasteiger partial charge in [0.1, 0.15) is 0 Å². The normalized spacial score (nSPS) is 20.6. The van der Waals surface area contributed by atoms with E-state index in [0.29, 0.717) is 31.0 Å². The third kappa shape index (κ3) is 1.85. The molecule has 1 atom stereocenters. The van der Waals surface area contributed by atoms with Crippen LogP contribution in [0.4, 0.5) is 0 Å². The molecule has 0 radical (unpaired) electrons. The van der Waals surface area contributed by atoms with Crippen molar-refractivity contribution >= 4 is 10.9 Å². The van der Waals surface area contributed by atoms with Crippen LogP contribution in [0.5, 0.6) is 0 Å². The summed E-state index contributed by atoms with van der Waals surface area (Å²) in [6.07, 6.45) is -0.258. The van der Waals surface area contributed by atoms with E-state index in [-0.39, 0.29) is 6.10 Å². The number of nitrogens with zero attached hydrogens (tertiary/aromatic N) is 1. The first-order valence-corrected chi connectivity index (χ1v) is 5.67. The Balaban J connectivity index is 2.07. The molecule has 2 aromatic rings. The molecule has 0 saturated carbocycles. The minimum Gasteiger partial charge on any atom is -0.618 e. The topological polar surface area (TPSA) is 45.4 Å². The van der Waals surface area contributed by atoms with Crippen LogP contribution < -0.4 is 4.73 Å². The predicted molar refractivity (Wildman–Crippen MR) is 62.4 cm³/mol. The van der Waals surface area contributed by atoms with Gasteiger partial charge in [-0.2, -0.15) is 4.73 Å². The molecule has 0 bridgehead atoms. The highest BCUT2D eigenvalue weighted by Gasteiger charge is 2.24. The fourth-order valence-electron chi connectivity index (χ4n) is 2.09. The van der Waals surface area contributed by atoms with E-state index in [0.717, 1.165) is 10.1 Å². The molecule has 1 aromatic heterocycles. The number of benzene rings is 1. The molecule has 2 heterocycles. The van der Waals surface area contributed by atoms with Gasteiger partial charge in [0.05, 0.1) is 19.8 Å². The summed E-state index contributed by atoms with van der Waals surface area (Å²) < 4.78 is 11.8. The van der Waals surface area contributed by atoms with Crippen LogP contribution in [0.2, 0.25) is 0 Å². The van der Waals surface area contributed by atoms with Crippen LogP contribution in [-0.2, 0) is 9.47 Å². The molecule has 0 amide bonds. The smallest absolute Gasteiger partial charge is 0.224 e. The van der Waals surface area contributed by atoms with E-state index in [4.69, 9.17) is 9.47 Å². The summed E-state index contributed by atoms with van der Waals surface area (Å²) in [5.41, 5.74) is 1.28. The first kappa shape index (κ1) is 10.5. The van der Waals surface area contributed by atoms with Gasteiger partial charge in [0.2, 0.25) is 11.2 Å². The zero-order chi connectivity index (χ0) is 11.7. The van der Waals surface area contributed by atoms with E-state index in [9.17, 15) is 5.21 Å². The first-order valence-electron chi connectivity index (χ1n) is 5.67. The molecule has 1 fully saturated rings. The molecule has 0 spiro atoms. The fraction of sp³-hybridized carbons (Fsp3) is 0.308. The van der Waals surface area contributed by atoms with Crippen molar-refractivity contribution in [2.45, 2.75) is 6.10 Å². The van der Waals surface area contributed by atoms with Crippen molar-refractivity contribution in [1.82, 2.24) is 0 Å². The molecule has 1 aromatic carbocycles. The Kier molecular flexibility index (Phi) is 2.66. The molecular weight excluding hydrogens is 218 g/mol. The minimum atomic E-state index is -0.258. The van der Waals surface area contributed by atoms with Crippen molar-refractivity contribution in [3.63, 3.8) is 0 Å². The third-order valence-corrected chi connectivity index (χ3v) is 2.97. The average Bonchev–Trinajstić information content (AvgIpc) is 2.40. The number of hydrogen-bond acceptors (Lipinski definition) is 3. The second-order valence-electron chi connectivity index (χ2n) is 4.05. The van der Waals surface area contributed by atoms with Gasteiger partial charge in [0, 0.05) is 17.5 Å². The largest absolute Gasteiger partial charge is 0.618 e. The lowest BCUT2D eigenvalue weighted by molar-refractivity contribution is -0.592. The molecular formula is C13H13NO3. The number of aromatic nitrogens is 1. The molecule has 3 rings (SSSR count). The molecule has 17 heavy (non-hydrogen) atoms. The Morgan fingerprint density at radius 1 is 1.12 bits per heavy atom.